The van der Waals surface area contributed by atoms with Crippen molar-refractivity contribution in [1.29, 1.82) is 0 Å². The maximum atomic E-state index is 11.0. The SMILES string of the molecule is O=S(=O)(O)c1[c]cc2[c]c(O)c(S(=O)(=O)O)cc2c1. The molecule has 7 nitrogen and oxygen atoms in total. The molecule has 0 aromatic heterocycles. The summed E-state index contributed by atoms with van der Waals surface area (Å²) >= 11 is 0. The Bertz CT molecular complexity index is 866. The molecule has 19 heavy (non-hydrogen) atoms. The average Bonchev–Trinajstić information content (AvgIpc) is 2.24. The number of rotatable bonds is 2. The minimum absolute atomic E-state index is 0.0387. The summed E-state index contributed by atoms with van der Waals surface area (Å²) in [5, 5.41) is 9.60. The van der Waals surface area contributed by atoms with E-state index in [4.69, 9.17) is 9.11 Å². The molecule has 2 radical (unpaired) electrons. The largest absolute Gasteiger partial charge is 0.506 e. The molecule has 3 N–H and O–H groups in total. The molecular formula is C10H6O7S2. The van der Waals surface area contributed by atoms with E-state index in [1.54, 1.807) is 0 Å². The summed E-state index contributed by atoms with van der Waals surface area (Å²) in [5.74, 6) is -0.803. The van der Waals surface area contributed by atoms with Gasteiger partial charge in [0.2, 0.25) is 0 Å². The lowest BCUT2D eigenvalue weighted by molar-refractivity contribution is 0.443. The van der Waals surface area contributed by atoms with Crippen LogP contribution in [0.1, 0.15) is 0 Å². The monoisotopic (exact) mass is 302 g/mol. The molecule has 0 aliphatic carbocycles. The summed E-state index contributed by atoms with van der Waals surface area (Å²) in [6.07, 6.45) is 0. The van der Waals surface area contributed by atoms with Crippen molar-refractivity contribution in [3.05, 3.63) is 30.3 Å². The van der Waals surface area contributed by atoms with Gasteiger partial charge in [-0.15, -0.1) is 0 Å². The predicted octanol–water partition coefficient (Wildman–Crippen LogP) is 0.639. The number of aromatic hydroxyl groups is 1. The summed E-state index contributed by atoms with van der Waals surface area (Å²) in [4.78, 5) is -1.38. The summed E-state index contributed by atoms with van der Waals surface area (Å²) in [5.41, 5.74) is 0. The van der Waals surface area contributed by atoms with Crippen molar-refractivity contribution in [2.24, 2.45) is 0 Å². The van der Waals surface area contributed by atoms with Gasteiger partial charge >= 0.3 is 0 Å². The van der Waals surface area contributed by atoms with Crippen molar-refractivity contribution >= 4 is 31.0 Å². The number of phenols is 1. The van der Waals surface area contributed by atoms with Gasteiger partial charge in [-0.05, 0) is 29.0 Å². The fraction of sp³-hybridized carbons (Fsp3) is 0. The molecule has 0 saturated carbocycles. The van der Waals surface area contributed by atoms with Gasteiger partial charge in [-0.25, -0.2) is 0 Å². The molecule has 2 aromatic carbocycles. The lowest BCUT2D eigenvalue weighted by Crippen LogP contribution is -2.00. The molecule has 2 rings (SSSR count). The third-order valence-electron chi connectivity index (χ3n) is 2.29. The first-order chi connectivity index (χ1) is 8.59. The van der Waals surface area contributed by atoms with Crippen LogP contribution in [0.15, 0.2) is 28.0 Å². The van der Waals surface area contributed by atoms with Crippen LogP contribution in [-0.2, 0) is 20.2 Å². The van der Waals surface area contributed by atoms with Crippen molar-refractivity contribution in [3.8, 4) is 5.75 Å². The van der Waals surface area contributed by atoms with E-state index < -0.39 is 35.8 Å². The Kier molecular flexibility index (Phi) is 3.01. The van der Waals surface area contributed by atoms with Crippen LogP contribution >= 0.6 is 0 Å². The van der Waals surface area contributed by atoms with E-state index in [9.17, 15) is 21.9 Å². The first-order valence-electron chi connectivity index (χ1n) is 4.65. The lowest BCUT2D eigenvalue weighted by Gasteiger charge is -2.05. The maximum Gasteiger partial charge on any atom is 0.298 e. The molecule has 0 unspecified atom stereocenters. The molecule has 0 heterocycles. The fourth-order valence-corrected chi connectivity index (χ4v) is 2.51. The minimum atomic E-state index is -4.68. The second-order valence-electron chi connectivity index (χ2n) is 3.60. The van der Waals surface area contributed by atoms with Gasteiger partial charge in [-0.1, -0.05) is 0 Å². The third kappa shape index (κ3) is 2.68. The number of fused-ring (bicyclic) bond motifs is 1. The highest BCUT2D eigenvalue weighted by Crippen LogP contribution is 2.29. The molecule has 2 aromatic rings. The molecule has 0 bridgehead atoms. The van der Waals surface area contributed by atoms with Crippen LogP contribution in [0.5, 0.6) is 5.75 Å². The first kappa shape index (κ1) is 13.7. The number of hydrogen-bond acceptors (Lipinski definition) is 5. The summed E-state index contributed by atoms with van der Waals surface area (Å²) in [6, 6.07) is 7.40. The van der Waals surface area contributed by atoms with E-state index in [0.29, 0.717) is 0 Å². The Morgan fingerprint density at radius 1 is 1.00 bits per heavy atom. The van der Waals surface area contributed by atoms with E-state index in [-0.39, 0.29) is 10.8 Å². The lowest BCUT2D eigenvalue weighted by atomic mass is 10.1. The Labute approximate surface area is 108 Å². The number of phenolic OH excluding ortho intramolecular Hbond substituents is 1. The Hall–Kier alpha value is -1.68. The van der Waals surface area contributed by atoms with Gasteiger partial charge in [0.05, 0.1) is 0 Å². The zero-order chi connectivity index (χ0) is 14.4. The smallest absolute Gasteiger partial charge is 0.298 e. The zero-order valence-electron chi connectivity index (χ0n) is 9.02. The van der Waals surface area contributed by atoms with Crippen LogP contribution in [0.25, 0.3) is 10.8 Å². The standard InChI is InChI=1S/C10H6O7S2/c11-9-4-6-1-2-8(18(12,13)14)3-7(6)5-10(9)19(15,16)17/h1,3,5,11H,(H,12,13,14)(H,15,16,17). The van der Waals surface area contributed by atoms with Crippen LogP contribution in [0.3, 0.4) is 0 Å². The summed E-state index contributed by atoms with van der Waals surface area (Å²) < 4.78 is 61.5. The van der Waals surface area contributed by atoms with Crippen molar-refractivity contribution in [1.82, 2.24) is 0 Å². The van der Waals surface area contributed by atoms with Crippen LogP contribution in [-0.4, -0.2) is 31.0 Å². The normalized spacial score (nSPS) is 12.7. The molecule has 0 saturated heterocycles. The molecule has 0 amide bonds. The van der Waals surface area contributed by atoms with Gasteiger partial charge in [-0.2, -0.15) is 16.8 Å². The highest BCUT2D eigenvalue weighted by molar-refractivity contribution is 7.86. The summed E-state index contributed by atoms with van der Waals surface area (Å²) in [7, 11) is -9.17. The van der Waals surface area contributed by atoms with Gasteiger partial charge < -0.3 is 5.11 Å². The molecule has 0 fully saturated rings. The Balaban J connectivity index is 2.83. The van der Waals surface area contributed by atoms with E-state index in [1.807, 2.05) is 0 Å². The van der Waals surface area contributed by atoms with Crippen molar-refractivity contribution in [3.63, 3.8) is 0 Å². The zero-order valence-corrected chi connectivity index (χ0v) is 10.7. The Morgan fingerprint density at radius 2 is 1.63 bits per heavy atom. The van der Waals surface area contributed by atoms with Gasteiger partial charge in [0.1, 0.15) is 15.5 Å². The third-order valence-corrected chi connectivity index (χ3v) is 3.94. The van der Waals surface area contributed by atoms with E-state index in [1.165, 1.54) is 0 Å². The first-order valence-corrected chi connectivity index (χ1v) is 7.53. The molecule has 100 valence electrons. The fourth-order valence-electron chi connectivity index (χ4n) is 1.46. The second-order valence-corrected chi connectivity index (χ2v) is 6.38. The average molecular weight is 302 g/mol. The van der Waals surface area contributed by atoms with Crippen molar-refractivity contribution < 1.29 is 31.0 Å². The van der Waals surface area contributed by atoms with E-state index >= 15 is 0 Å². The second kappa shape index (κ2) is 4.17. The highest BCUT2D eigenvalue weighted by Gasteiger charge is 2.18. The number of hydrogen-bond donors (Lipinski definition) is 3. The van der Waals surface area contributed by atoms with Crippen molar-refractivity contribution in [2.45, 2.75) is 9.79 Å². The van der Waals surface area contributed by atoms with Crippen LogP contribution in [0.2, 0.25) is 0 Å². The van der Waals surface area contributed by atoms with E-state index in [2.05, 4.69) is 12.1 Å². The summed E-state index contributed by atoms with van der Waals surface area (Å²) in [6.45, 7) is 0. The minimum Gasteiger partial charge on any atom is -0.506 e. The van der Waals surface area contributed by atoms with Crippen molar-refractivity contribution in [2.75, 3.05) is 0 Å². The Morgan fingerprint density at radius 3 is 2.16 bits per heavy atom. The molecule has 9 heteroatoms. The molecule has 0 spiro atoms. The van der Waals surface area contributed by atoms with Gasteiger partial charge in [-0.3, -0.25) is 9.11 Å². The maximum absolute atomic E-state index is 11.0. The molecule has 0 aliphatic rings. The quantitative estimate of drug-likeness (QED) is 0.694. The molecule has 0 aliphatic heterocycles. The van der Waals surface area contributed by atoms with Crippen LogP contribution in [0.4, 0.5) is 0 Å². The topological polar surface area (TPSA) is 129 Å². The van der Waals surface area contributed by atoms with E-state index in [0.717, 1.165) is 18.2 Å². The molecule has 0 atom stereocenters. The van der Waals surface area contributed by atoms with Gasteiger partial charge in [0.15, 0.2) is 0 Å². The number of benzene rings is 2. The molecular weight excluding hydrogens is 296 g/mol. The van der Waals surface area contributed by atoms with Gasteiger partial charge in [0.25, 0.3) is 20.2 Å². The van der Waals surface area contributed by atoms with Crippen LogP contribution in [0, 0.1) is 12.1 Å². The highest BCUT2D eigenvalue weighted by atomic mass is 32.2. The van der Waals surface area contributed by atoms with Crippen LogP contribution < -0.4 is 0 Å². The predicted molar refractivity (Wildman–Crippen MR) is 62.9 cm³/mol. The van der Waals surface area contributed by atoms with Gasteiger partial charge in [0, 0.05) is 12.1 Å².